The van der Waals surface area contributed by atoms with Gasteiger partial charge in [0.15, 0.2) is 0 Å². The number of piperazine rings is 1. The topological polar surface area (TPSA) is 50.3 Å². The largest absolute Gasteiger partial charge is 0.390 e. The summed E-state index contributed by atoms with van der Waals surface area (Å²) in [6.45, 7) is 12.6. The number of rotatable bonds is 7. The number of carbonyl (C=O) groups excluding carboxylic acids is 1. The fourth-order valence-corrected chi connectivity index (χ4v) is 3.82. The smallest absolute Gasteiger partial charge is 0.226 e. The SMILES string of the molecule is CC(C)CN1CCC(C(=O)N(C)CC(O)CN2CCN(C)CC2)C1. The van der Waals surface area contributed by atoms with E-state index in [1.54, 1.807) is 4.90 Å². The summed E-state index contributed by atoms with van der Waals surface area (Å²) < 4.78 is 0. The van der Waals surface area contributed by atoms with E-state index in [4.69, 9.17) is 0 Å². The molecule has 0 aliphatic carbocycles. The second-order valence-electron chi connectivity index (χ2n) is 8.12. The Kier molecular flexibility index (Phi) is 7.47. The van der Waals surface area contributed by atoms with Crippen LogP contribution < -0.4 is 0 Å². The summed E-state index contributed by atoms with van der Waals surface area (Å²) >= 11 is 0. The molecule has 2 rings (SSSR count). The van der Waals surface area contributed by atoms with Gasteiger partial charge in [-0.25, -0.2) is 0 Å². The van der Waals surface area contributed by atoms with Crippen LogP contribution in [0.4, 0.5) is 0 Å². The van der Waals surface area contributed by atoms with Crippen LogP contribution in [0.2, 0.25) is 0 Å². The first-order chi connectivity index (χ1) is 11.3. The maximum Gasteiger partial charge on any atom is 0.226 e. The Hall–Kier alpha value is -0.690. The summed E-state index contributed by atoms with van der Waals surface area (Å²) in [5, 5.41) is 10.3. The van der Waals surface area contributed by atoms with Crippen molar-refractivity contribution in [2.24, 2.45) is 11.8 Å². The van der Waals surface area contributed by atoms with Gasteiger partial charge in [0.05, 0.1) is 12.0 Å². The van der Waals surface area contributed by atoms with Crippen molar-refractivity contribution in [2.45, 2.75) is 26.4 Å². The number of β-amino-alcohol motifs (C(OH)–C–C–N with tert-alkyl or cyclic N) is 1. The predicted octanol–water partition coefficient (Wildman–Crippen LogP) is 0.0310. The molecule has 6 nitrogen and oxygen atoms in total. The van der Waals surface area contributed by atoms with Crippen molar-refractivity contribution < 1.29 is 9.90 Å². The highest BCUT2D eigenvalue weighted by Gasteiger charge is 2.31. The van der Waals surface area contributed by atoms with Crippen molar-refractivity contribution in [3.8, 4) is 0 Å². The van der Waals surface area contributed by atoms with Crippen LogP contribution >= 0.6 is 0 Å². The van der Waals surface area contributed by atoms with Crippen LogP contribution in [-0.2, 0) is 4.79 Å². The minimum Gasteiger partial charge on any atom is -0.390 e. The van der Waals surface area contributed by atoms with Crippen LogP contribution in [0.1, 0.15) is 20.3 Å². The maximum absolute atomic E-state index is 12.6. The number of aliphatic hydroxyl groups excluding tert-OH is 1. The third kappa shape index (κ3) is 5.99. The molecular formula is C18H36N4O2. The Morgan fingerprint density at radius 2 is 1.79 bits per heavy atom. The summed E-state index contributed by atoms with van der Waals surface area (Å²) in [5.41, 5.74) is 0. The Morgan fingerprint density at radius 1 is 1.12 bits per heavy atom. The molecular weight excluding hydrogens is 304 g/mol. The zero-order chi connectivity index (χ0) is 17.7. The number of amides is 1. The third-order valence-electron chi connectivity index (χ3n) is 5.17. The van der Waals surface area contributed by atoms with Gasteiger partial charge in [0.2, 0.25) is 5.91 Å². The van der Waals surface area contributed by atoms with Gasteiger partial charge in [0.25, 0.3) is 0 Å². The van der Waals surface area contributed by atoms with Gasteiger partial charge in [0.1, 0.15) is 0 Å². The van der Waals surface area contributed by atoms with Gasteiger partial charge in [-0.05, 0) is 25.9 Å². The lowest BCUT2D eigenvalue weighted by molar-refractivity contribution is -0.135. The number of nitrogens with zero attached hydrogens (tertiary/aromatic N) is 4. The summed E-state index contributed by atoms with van der Waals surface area (Å²) in [6, 6.07) is 0. The first kappa shape index (κ1) is 19.6. The lowest BCUT2D eigenvalue weighted by atomic mass is 10.1. The van der Waals surface area contributed by atoms with Crippen molar-refractivity contribution in [1.29, 1.82) is 0 Å². The molecule has 0 aromatic rings. The number of likely N-dealkylation sites (N-methyl/N-ethyl adjacent to an activating group) is 2. The summed E-state index contributed by atoms with van der Waals surface area (Å²) in [6.07, 6.45) is 0.486. The molecule has 0 radical (unpaired) electrons. The molecule has 2 unspecified atom stereocenters. The molecule has 2 atom stereocenters. The van der Waals surface area contributed by atoms with Gasteiger partial charge < -0.3 is 19.8 Å². The van der Waals surface area contributed by atoms with Gasteiger partial charge in [0, 0.05) is 59.4 Å². The van der Waals surface area contributed by atoms with Crippen LogP contribution in [0.5, 0.6) is 0 Å². The van der Waals surface area contributed by atoms with E-state index in [0.717, 1.165) is 52.2 Å². The second kappa shape index (κ2) is 9.13. The van der Waals surface area contributed by atoms with Gasteiger partial charge in [-0.3, -0.25) is 9.69 Å². The van der Waals surface area contributed by atoms with Gasteiger partial charge in [-0.15, -0.1) is 0 Å². The van der Waals surface area contributed by atoms with Crippen molar-refractivity contribution in [3.05, 3.63) is 0 Å². The van der Waals surface area contributed by atoms with Crippen molar-refractivity contribution >= 4 is 5.91 Å². The molecule has 140 valence electrons. The molecule has 2 heterocycles. The minimum absolute atomic E-state index is 0.101. The molecule has 1 amide bonds. The molecule has 0 aromatic carbocycles. The number of hydrogen-bond donors (Lipinski definition) is 1. The highest BCUT2D eigenvalue weighted by molar-refractivity contribution is 5.79. The number of aliphatic hydroxyl groups is 1. The summed E-state index contributed by atoms with van der Waals surface area (Å²) in [7, 11) is 3.96. The van der Waals surface area contributed by atoms with Gasteiger partial charge in [-0.1, -0.05) is 13.8 Å². The normalized spacial score (nSPS) is 25.3. The molecule has 1 N–H and O–H groups in total. The Labute approximate surface area is 147 Å². The van der Waals surface area contributed by atoms with E-state index < -0.39 is 6.10 Å². The van der Waals surface area contributed by atoms with Crippen LogP contribution in [0, 0.1) is 11.8 Å². The molecule has 6 heteroatoms. The molecule has 0 aromatic heterocycles. The fraction of sp³-hybridized carbons (Fsp3) is 0.944. The van der Waals surface area contributed by atoms with Crippen molar-refractivity contribution in [3.63, 3.8) is 0 Å². The van der Waals surface area contributed by atoms with E-state index in [2.05, 4.69) is 35.6 Å². The first-order valence-electron chi connectivity index (χ1n) is 9.41. The van der Waals surface area contributed by atoms with Crippen LogP contribution in [0.15, 0.2) is 0 Å². The highest BCUT2D eigenvalue weighted by atomic mass is 16.3. The van der Waals surface area contributed by atoms with E-state index in [-0.39, 0.29) is 11.8 Å². The van der Waals surface area contributed by atoms with Crippen LogP contribution in [0.25, 0.3) is 0 Å². The average molecular weight is 341 g/mol. The zero-order valence-electron chi connectivity index (χ0n) is 15.9. The highest BCUT2D eigenvalue weighted by Crippen LogP contribution is 2.19. The second-order valence-corrected chi connectivity index (χ2v) is 8.12. The molecule has 0 bridgehead atoms. The Bertz CT molecular complexity index is 396. The number of carbonyl (C=O) groups is 1. The third-order valence-corrected chi connectivity index (χ3v) is 5.17. The first-order valence-corrected chi connectivity index (χ1v) is 9.41. The van der Waals surface area contributed by atoms with E-state index in [9.17, 15) is 9.90 Å². The molecule has 2 saturated heterocycles. The predicted molar refractivity (Wildman–Crippen MR) is 97.0 cm³/mol. The number of hydrogen-bond acceptors (Lipinski definition) is 5. The average Bonchev–Trinajstić information content (AvgIpc) is 2.96. The lowest BCUT2D eigenvalue weighted by Gasteiger charge is -2.34. The quantitative estimate of drug-likeness (QED) is 0.709. The van der Waals surface area contributed by atoms with E-state index >= 15 is 0 Å². The Morgan fingerprint density at radius 3 is 2.42 bits per heavy atom. The number of likely N-dealkylation sites (tertiary alicyclic amines) is 1. The molecule has 0 saturated carbocycles. The van der Waals surface area contributed by atoms with Crippen LogP contribution in [-0.4, -0.2) is 110 Å². The van der Waals surface area contributed by atoms with E-state index in [1.807, 2.05) is 7.05 Å². The minimum atomic E-state index is -0.462. The molecule has 24 heavy (non-hydrogen) atoms. The molecule has 2 fully saturated rings. The van der Waals surface area contributed by atoms with E-state index in [0.29, 0.717) is 19.0 Å². The Balaban J connectivity index is 1.71. The monoisotopic (exact) mass is 340 g/mol. The summed E-state index contributed by atoms with van der Waals surface area (Å²) in [4.78, 5) is 21.3. The van der Waals surface area contributed by atoms with Crippen LogP contribution in [0.3, 0.4) is 0 Å². The standard InChI is InChI=1S/C18H36N4O2/c1-15(2)11-22-6-5-16(12-22)18(24)20(4)13-17(23)14-21-9-7-19(3)8-10-21/h15-17,23H,5-14H2,1-4H3. The van der Waals surface area contributed by atoms with E-state index in [1.165, 1.54) is 0 Å². The summed E-state index contributed by atoms with van der Waals surface area (Å²) in [5.74, 6) is 0.935. The molecule has 2 aliphatic rings. The van der Waals surface area contributed by atoms with Gasteiger partial charge >= 0.3 is 0 Å². The zero-order valence-corrected chi connectivity index (χ0v) is 15.9. The molecule has 0 spiro atoms. The van der Waals surface area contributed by atoms with Gasteiger partial charge in [-0.2, -0.15) is 0 Å². The lowest BCUT2D eigenvalue weighted by Crippen LogP contribution is -2.49. The fourth-order valence-electron chi connectivity index (χ4n) is 3.82. The molecule has 2 aliphatic heterocycles. The van der Waals surface area contributed by atoms with Crippen molar-refractivity contribution in [2.75, 3.05) is 73.0 Å². The van der Waals surface area contributed by atoms with Crippen molar-refractivity contribution in [1.82, 2.24) is 19.6 Å². The maximum atomic E-state index is 12.6.